The molecule has 0 radical (unpaired) electrons. The van der Waals surface area contributed by atoms with Gasteiger partial charge in [-0.25, -0.2) is 0 Å². The Morgan fingerprint density at radius 2 is 1.71 bits per heavy atom. The lowest BCUT2D eigenvalue weighted by atomic mass is 10.1. The predicted molar refractivity (Wildman–Crippen MR) is 83.1 cm³/mol. The molecule has 0 fully saturated rings. The third-order valence-corrected chi connectivity index (χ3v) is 3.45. The van der Waals surface area contributed by atoms with Crippen molar-refractivity contribution in [2.24, 2.45) is 0 Å². The van der Waals surface area contributed by atoms with Gasteiger partial charge in [0.1, 0.15) is 11.5 Å². The number of hydrogen-bond donors (Lipinski definition) is 1. The van der Waals surface area contributed by atoms with E-state index < -0.39 is 0 Å². The lowest BCUT2D eigenvalue weighted by Crippen LogP contribution is -2.08. The molecule has 106 valence electrons. The summed E-state index contributed by atoms with van der Waals surface area (Å²) in [5.74, 6) is 1.36. The Morgan fingerprint density at radius 3 is 2.38 bits per heavy atom. The van der Waals surface area contributed by atoms with Gasteiger partial charge in [-0.2, -0.15) is 0 Å². The zero-order valence-electron chi connectivity index (χ0n) is 11.8. The molecule has 3 rings (SSSR count). The normalized spacial score (nSPS) is 10.6. The van der Waals surface area contributed by atoms with Crippen molar-refractivity contribution in [1.29, 1.82) is 0 Å². The number of rotatable bonds is 3. The molecule has 4 heteroatoms. The fourth-order valence-corrected chi connectivity index (χ4v) is 2.38. The molecular formula is C17H15NO3. The maximum Gasteiger partial charge on any atom is 0.260 e. The fraction of sp³-hybridized carbons (Fsp3) is 0.118. The smallest absolute Gasteiger partial charge is 0.260 e. The van der Waals surface area contributed by atoms with Crippen molar-refractivity contribution in [3.8, 4) is 22.8 Å². The van der Waals surface area contributed by atoms with Crippen molar-refractivity contribution in [2.45, 2.75) is 0 Å². The van der Waals surface area contributed by atoms with E-state index in [1.165, 1.54) is 0 Å². The molecule has 0 saturated carbocycles. The molecule has 0 spiro atoms. The van der Waals surface area contributed by atoms with E-state index in [9.17, 15) is 4.79 Å². The molecule has 2 aromatic carbocycles. The highest BCUT2D eigenvalue weighted by atomic mass is 16.5. The SMILES string of the molecule is COc1ccc(-c2cc3cccc(OC)c3c(=O)[nH]2)cc1. The zero-order valence-corrected chi connectivity index (χ0v) is 11.8. The van der Waals surface area contributed by atoms with Crippen molar-refractivity contribution in [3.05, 3.63) is 58.9 Å². The maximum atomic E-state index is 12.3. The minimum atomic E-state index is -0.157. The topological polar surface area (TPSA) is 51.3 Å². The number of nitrogens with one attached hydrogen (secondary N) is 1. The van der Waals surface area contributed by atoms with E-state index in [1.54, 1.807) is 20.3 Å². The third-order valence-electron chi connectivity index (χ3n) is 3.45. The number of aromatic amines is 1. The molecule has 1 aromatic heterocycles. The molecule has 0 bridgehead atoms. The highest BCUT2D eigenvalue weighted by molar-refractivity contribution is 5.90. The lowest BCUT2D eigenvalue weighted by Gasteiger charge is -2.08. The van der Waals surface area contributed by atoms with E-state index in [1.807, 2.05) is 42.5 Å². The van der Waals surface area contributed by atoms with Crippen LogP contribution in [0.15, 0.2) is 53.3 Å². The average molecular weight is 281 g/mol. The van der Waals surface area contributed by atoms with Crippen LogP contribution in [0.2, 0.25) is 0 Å². The van der Waals surface area contributed by atoms with Crippen LogP contribution >= 0.6 is 0 Å². The van der Waals surface area contributed by atoms with Crippen molar-refractivity contribution in [3.63, 3.8) is 0 Å². The predicted octanol–water partition coefficient (Wildman–Crippen LogP) is 3.21. The quantitative estimate of drug-likeness (QED) is 0.802. The summed E-state index contributed by atoms with van der Waals surface area (Å²) in [4.78, 5) is 15.2. The molecule has 0 saturated heterocycles. The minimum absolute atomic E-state index is 0.157. The summed E-state index contributed by atoms with van der Waals surface area (Å²) in [5.41, 5.74) is 1.54. The molecule has 0 atom stereocenters. The van der Waals surface area contributed by atoms with Crippen LogP contribution in [-0.4, -0.2) is 19.2 Å². The van der Waals surface area contributed by atoms with Crippen molar-refractivity contribution < 1.29 is 9.47 Å². The Hall–Kier alpha value is -2.75. The van der Waals surface area contributed by atoms with E-state index in [-0.39, 0.29) is 5.56 Å². The maximum absolute atomic E-state index is 12.3. The minimum Gasteiger partial charge on any atom is -0.497 e. The summed E-state index contributed by atoms with van der Waals surface area (Å²) >= 11 is 0. The van der Waals surface area contributed by atoms with E-state index in [4.69, 9.17) is 9.47 Å². The number of aromatic nitrogens is 1. The van der Waals surface area contributed by atoms with Gasteiger partial charge < -0.3 is 14.5 Å². The molecule has 3 aromatic rings. The Morgan fingerprint density at radius 1 is 0.952 bits per heavy atom. The zero-order chi connectivity index (χ0) is 14.8. The summed E-state index contributed by atoms with van der Waals surface area (Å²) in [7, 11) is 3.19. The van der Waals surface area contributed by atoms with Crippen LogP contribution in [-0.2, 0) is 0 Å². The number of fused-ring (bicyclic) bond motifs is 1. The van der Waals surface area contributed by atoms with E-state index in [0.29, 0.717) is 11.1 Å². The Labute approximate surface area is 122 Å². The second kappa shape index (κ2) is 5.32. The molecular weight excluding hydrogens is 266 g/mol. The number of methoxy groups -OCH3 is 2. The number of benzene rings is 2. The fourth-order valence-electron chi connectivity index (χ4n) is 2.38. The van der Waals surface area contributed by atoms with Gasteiger partial charge in [0.05, 0.1) is 19.6 Å². The van der Waals surface area contributed by atoms with Gasteiger partial charge in [-0.1, -0.05) is 12.1 Å². The number of H-pyrrole nitrogens is 1. The molecule has 0 unspecified atom stereocenters. The first-order valence-corrected chi connectivity index (χ1v) is 6.57. The van der Waals surface area contributed by atoms with Gasteiger partial charge in [-0.3, -0.25) is 4.79 Å². The summed E-state index contributed by atoms with van der Waals surface area (Å²) in [5, 5.41) is 1.42. The molecule has 1 N–H and O–H groups in total. The van der Waals surface area contributed by atoms with E-state index >= 15 is 0 Å². The lowest BCUT2D eigenvalue weighted by molar-refractivity contribution is 0.415. The first-order chi connectivity index (χ1) is 10.2. The molecule has 1 heterocycles. The second-order valence-corrected chi connectivity index (χ2v) is 4.67. The van der Waals surface area contributed by atoms with Crippen LogP contribution in [0.3, 0.4) is 0 Å². The van der Waals surface area contributed by atoms with Gasteiger partial charge in [-0.05, 0) is 47.3 Å². The number of hydrogen-bond acceptors (Lipinski definition) is 3. The van der Waals surface area contributed by atoms with Crippen molar-refractivity contribution in [2.75, 3.05) is 14.2 Å². The van der Waals surface area contributed by atoms with Gasteiger partial charge in [0, 0.05) is 5.69 Å². The van der Waals surface area contributed by atoms with Gasteiger partial charge >= 0.3 is 0 Å². The second-order valence-electron chi connectivity index (χ2n) is 4.67. The Balaban J connectivity index is 2.18. The van der Waals surface area contributed by atoms with Crippen LogP contribution in [0.1, 0.15) is 0 Å². The summed E-state index contributed by atoms with van der Waals surface area (Å²) in [6.45, 7) is 0. The van der Waals surface area contributed by atoms with Crippen LogP contribution in [0.4, 0.5) is 0 Å². The van der Waals surface area contributed by atoms with Crippen molar-refractivity contribution in [1.82, 2.24) is 4.98 Å². The monoisotopic (exact) mass is 281 g/mol. The first kappa shape index (κ1) is 13.2. The largest absolute Gasteiger partial charge is 0.497 e. The average Bonchev–Trinajstić information content (AvgIpc) is 2.54. The molecule has 0 aliphatic rings. The van der Waals surface area contributed by atoms with Crippen molar-refractivity contribution >= 4 is 10.8 Å². The van der Waals surface area contributed by atoms with Crippen LogP contribution < -0.4 is 15.0 Å². The number of pyridine rings is 1. The molecule has 0 aliphatic carbocycles. The van der Waals surface area contributed by atoms with E-state index in [2.05, 4.69) is 4.98 Å². The molecule has 0 amide bonds. The summed E-state index contributed by atoms with van der Waals surface area (Å²) in [6.07, 6.45) is 0. The van der Waals surface area contributed by atoms with Gasteiger partial charge in [0.25, 0.3) is 5.56 Å². The highest BCUT2D eigenvalue weighted by Crippen LogP contribution is 2.26. The molecule has 0 aliphatic heterocycles. The molecule has 4 nitrogen and oxygen atoms in total. The van der Waals surface area contributed by atoms with Gasteiger partial charge in [0.2, 0.25) is 0 Å². The summed E-state index contributed by atoms with van der Waals surface area (Å²) < 4.78 is 10.4. The van der Waals surface area contributed by atoms with Crippen LogP contribution in [0, 0.1) is 0 Å². The van der Waals surface area contributed by atoms with Crippen LogP contribution in [0.25, 0.3) is 22.0 Å². The van der Waals surface area contributed by atoms with Gasteiger partial charge in [-0.15, -0.1) is 0 Å². The Kier molecular flexibility index (Phi) is 3.36. The highest BCUT2D eigenvalue weighted by Gasteiger charge is 2.08. The van der Waals surface area contributed by atoms with Crippen LogP contribution in [0.5, 0.6) is 11.5 Å². The first-order valence-electron chi connectivity index (χ1n) is 6.57. The molecule has 21 heavy (non-hydrogen) atoms. The standard InChI is InChI=1S/C17H15NO3/c1-20-13-8-6-11(7-9-13)14-10-12-4-3-5-15(21-2)16(12)17(19)18-14/h3-10H,1-2H3,(H,18,19). The summed E-state index contributed by atoms with van der Waals surface area (Å²) in [6, 6.07) is 15.1. The number of ether oxygens (including phenoxy) is 2. The Bertz CT molecular complexity index is 835. The third kappa shape index (κ3) is 2.36. The van der Waals surface area contributed by atoms with E-state index in [0.717, 1.165) is 22.4 Å². The van der Waals surface area contributed by atoms with Gasteiger partial charge in [0.15, 0.2) is 0 Å².